The second-order valence-corrected chi connectivity index (χ2v) is 9.27. The molecule has 0 saturated carbocycles. The fourth-order valence-electron chi connectivity index (χ4n) is 2.12. The number of hydrogen-bond acceptors (Lipinski definition) is 7. The van der Waals surface area contributed by atoms with Crippen LogP contribution >= 0.6 is 21.6 Å². The average Bonchev–Trinajstić information content (AvgIpc) is 2.59. The molecule has 142 valence electrons. The maximum absolute atomic E-state index is 11.9. The smallest absolute Gasteiger partial charge is 0.220 e. The number of ether oxygens (including phenoxy) is 1. The van der Waals surface area contributed by atoms with Gasteiger partial charge < -0.3 is 20.3 Å². The molecule has 0 saturated heterocycles. The number of nitrogens with one attached hydrogen (secondary N) is 1. The monoisotopic (exact) mass is 388 g/mol. The second-order valence-electron chi connectivity index (χ2n) is 6.16. The van der Waals surface area contributed by atoms with Crippen LogP contribution in [0.25, 0.3) is 0 Å². The van der Waals surface area contributed by atoms with E-state index in [0.29, 0.717) is 43.1 Å². The van der Waals surface area contributed by atoms with Crippen molar-refractivity contribution >= 4 is 27.5 Å². The third kappa shape index (κ3) is 9.34. The van der Waals surface area contributed by atoms with Gasteiger partial charge in [-0.3, -0.25) is 9.78 Å². The Hall–Kier alpha value is -0.960. The quantitative estimate of drug-likeness (QED) is 0.374. The predicted octanol–water partition coefficient (Wildman–Crippen LogP) is 2.52. The number of carbonyl (C=O) groups is 1. The minimum absolute atomic E-state index is 0.0591. The van der Waals surface area contributed by atoms with E-state index in [9.17, 15) is 4.79 Å². The Labute approximate surface area is 157 Å². The molecular weight excluding hydrogens is 360 g/mol. The topological polar surface area (TPSA) is 91.7 Å². The summed E-state index contributed by atoms with van der Waals surface area (Å²) in [7, 11) is 3.51. The number of carbonyl (C=O) groups excluding carboxylic acids is 1. The zero-order chi connectivity index (χ0) is 18.7. The standard InChI is InChI=1S/C17H28N2O4S2/c1-17(2,25-24-3)6-5-16(22)18-7-4-8-23-15-9-13(11-20)19-14(10-15)12-21/h9-10,20-21H,4-8,11-12H2,1-3H3,(H,18,22). The first-order chi connectivity index (χ1) is 11.9. The number of pyridine rings is 1. The maximum Gasteiger partial charge on any atom is 0.220 e. The molecule has 0 unspecified atom stereocenters. The van der Waals surface area contributed by atoms with Gasteiger partial charge in [0, 0.05) is 29.8 Å². The number of aliphatic hydroxyl groups excluding tert-OH is 2. The second kappa shape index (κ2) is 11.6. The molecule has 1 rings (SSSR count). The van der Waals surface area contributed by atoms with Crippen LogP contribution in [0.3, 0.4) is 0 Å². The Balaban J connectivity index is 2.24. The van der Waals surface area contributed by atoms with Crippen molar-refractivity contribution in [1.82, 2.24) is 10.3 Å². The Morgan fingerprint density at radius 2 is 1.92 bits per heavy atom. The number of amides is 1. The van der Waals surface area contributed by atoms with Crippen LogP contribution in [0.5, 0.6) is 5.75 Å². The van der Waals surface area contributed by atoms with Gasteiger partial charge in [-0.15, -0.1) is 0 Å². The van der Waals surface area contributed by atoms with Crippen molar-refractivity contribution in [1.29, 1.82) is 0 Å². The van der Waals surface area contributed by atoms with E-state index in [-0.39, 0.29) is 23.9 Å². The van der Waals surface area contributed by atoms with Gasteiger partial charge in [-0.05, 0) is 32.9 Å². The van der Waals surface area contributed by atoms with Crippen LogP contribution in [0.2, 0.25) is 0 Å². The molecule has 0 aliphatic heterocycles. The molecule has 0 fully saturated rings. The van der Waals surface area contributed by atoms with Gasteiger partial charge in [0.1, 0.15) is 5.75 Å². The zero-order valence-corrected chi connectivity index (χ0v) is 16.7. The summed E-state index contributed by atoms with van der Waals surface area (Å²) in [5.41, 5.74) is 0.918. The van der Waals surface area contributed by atoms with Gasteiger partial charge in [0.15, 0.2) is 0 Å². The fraction of sp³-hybridized carbons (Fsp3) is 0.647. The van der Waals surface area contributed by atoms with Gasteiger partial charge >= 0.3 is 0 Å². The molecule has 1 aromatic rings. The highest BCUT2D eigenvalue weighted by Gasteiger charge is 2.19. The largest absolute Gasteiger partial charge is 0.493 e. The summed E-state index contributed by atoms with van der Waals surface area (Å²) in [6.45, 7) is 4.88. The Morgan fingerprint density at radius 1 is 1.28 bits per heavy atom. The van der Waals surface area contributed by atoms with E-state index in [2.05, 4.69) is 24.1 Å². The first kappa shape index (κ1) is 22.1. The number of aliphatic hydroxyl groups is 2. The molecule has 0 atom stereocenters. The minimum atomic E-state index is -0.203. The first-order valence-electron chi connectivity index (χ1n) is 8.23. The molecule has 0 spiro atoms. The fourth-order valence-corrected chi connectivity index (χ4v) is 4.36. The molecular formula is C17H28N2O4S2. The van der Waals surface area contributed by atoms with Crippen molar-refractivity contribution in [2.45, 2.75) is 51.1 Å². The van der Waals surface area contributed by atoms with Crippen molar-refractivity contribution in [2.24, 2.45) is 0 Å². The highest BCUT2D eigenvalue weighted by atomic mass is 33.1. The van der Waals surface area contributed by atoms with Crippen molar-refractivity contribution in [3.63, 3.8) is 0 Å². The van der Waals surface area contributed by atoms with Crippen molar-refractivity contribution in [2.75, 3.05) is 19.4 Å². The SMILES string of the molecule is CSSC(C)(C)CCC(=O)NCCCOc1cc(CO)nc(CO)c1. The summed E-state index contributed by atoms with van der Waals surface area (Å²) in [6, 6.07) is 3.28. The lowest BCUT2D eigenvalue weighted by Gasteiger charge is -2.21. The summed E-state index contributed by atoms with van der Waals surface area (Å²) in [5.74, 6) is 0.620. The van der Waals surface area contributed by atoms with E-state index >= 15 is 0 Å². The molecule has 3 N–H and O–H groups in total. The highest BCUT2D eigenvalue weighted by molar-refractivity contribution is 8.76. The van der Waals surface area contributed by atoms with E-state index in [1.807, 2.05) is 6.26 Å². The van der Waals surface area contributed by atoms with Crippen molar-refractivity contribution < 1.29 is 19.7 Å². The highest BCUT2D eigenvalue weighted by Crippen LogP contribution is 2.36. The van der Waals surface area contributed by atoms with E-state index in [0.717, 1.165) is 6.42 Å². The van der Waals surface area contributed by atoms with Crippen LogP contribution in [-0.4, -0.2) is 45.3 Å². The summed E-state index contributed by atoms with van der Waals surface area (Å²) >= 11 is 0. The third-order valence-electron chi connectivity index (χ3n) is 3.40. The van der Waals surface area contributed by atoms with Gasteiger partial charge in [0.05, 0.1) is 31.2 Å². The molecule has 25 heavy (non-hydrogen) atoms. The third-order valence-corrected chi connectivity index (χ3v) is 6.08. The summed E-state index contributed by atoms with van der Waals surface area (Å²) in [4.78, 5) is 15.9. The van der Waals surface area contributed by atoms with Crippen LogP contribution in [0.1, 0.15) is 44.5 Å². The molecule has 0 radical (unpaired) electrons. The van der Waals surface area contributed by atoms with Crippen molar-refractivity contribution in [3.05, 3.63) is 23.5 Å². The van der Waals surface area contributed by atoms with Gasteiger partial charge in [-0.2, -0.15) is 0 Å². The zero-order valence-electron chi connectivity index (χ0n) is 15.1. The van der Waals surface area contributed by atoms with Crippen molar-refractivity contribution in [3.8, 4) is 5.75 Å². The molecule has 0 bridgehead atoms. The molecule has 8 heteroatoms. The van der Waals surface area contributed by atoms with Crippen LogP contribution in [0.4, 0.5) is 0 Å². The van der Waals surface area contributed by atoms with E-state index in [1.54, 1.807) is 33.7 Å². The lowest BCUT2D eigenvalue weighted by Crippen LogP contribution is -2.27. The number of hydrogen-bond donors (Lipinski definition) is 3. The normalized spacial score (nSPS) is 11.4. The van der Waals surface area contributed by atoms with Gasteiger partial charge in [0.25, 0.3) is 0 Å². The molecule has 0 aliphatic rings. The number of nitrogens with zero attached hydrogens (tertiary/aromatic N) is 1. The van der Waals surface area contributed by atoms with Crippen LogP contribution < -0.4 is 10.1 Å². The Kier molecular flexibility index (Phi) is 10.3. The Morgan fingerprint density at radius 3 is 2.48 bits per heavy atom. The average molecular weight is 389 g/mol. The van der Waals surface area contributed by atoms with Crippen LogP contribution in [-0.2, 0) is 18.0 Å². The molecule has 1 aromatic heterocycles. The predicted molar refractivity (Wildman–Crippen MR) is 104 cm³/mol. The van der Waals surface area contributed by atoms with Gasteiger partial charge in [-0.1, -0.05) is 21.6 Å². The molecule has 0 aromatic carbocycles. The molecule has 1 amide bonds. The minimum Gasteiger partial charge on any atom is -0.493 e. The van der Waals surface area contributed by atoms with Crippen LogP contribution in [0, 0.1) is 0 Å². The molecule has 6 nitrogen and oxygen atoms in total. The van der Waals surface area contributed by atoms with Gasteiger partial charge in [-0.25, -0.2) is 0 Å². The molecule has 1 heterocycles. The van der Waals surface area contributed by atoms with E-state index in [4.69, 9.17) is 14.9 Å². The van der Waals surface area contributed by atoms with Crippen LogP contribution in [0.15, 0.2) is 12.1 Å². The lowest BCUT2D eigenvalue weighted by molar-refractivity contribution is -0.121. The summed E-state index contributed by atoms with van der Waals surface area (Å²) in [5, 5.41) is 21.2. The first-order valence-corrected chi connectivity index (χ1v) is 10.8. The summed E-state index contributed by atoms with van der Waals surface area (Å²) in [6.07, 6.45) is 4.08. The Bertz CT molecular complexity index is 519. The van der Waals surface area contributed by atoms with E-state index in [1.165, 1.54) is 0 Å². The summed E-state index contributed by atoms with van der Waals surface area (Å²) < 4.78 is 5.69. The molecule has 0 aliphatic carbocycles. The number of aromatic nitrogens is 1. The van der Waals surface area contributed by atoms with Gasteiger partial charge in [0.2, 0.25) is 5.91 Å². The number of rotatable bonds is 12. The lowest BCUT2D eigenvalue weighted by atomic mass is 10.1. The van der Waals surface area contributed by atoms with E-state index < -0.39 is 0 Å². The maximum atomic E-state index is 11.9.